The van der Waals surface area contributed by atoms with E-state index >= 15 is 0 Å². The summed E-state index contributed by atoms with van der Waals surface area (Å²) in [6.07, 6.45) is 3.37. The molecule has 1 aromatic rings. The van der Waals surface area contributed by atoms with E-state index in [9.17, 15) is 8.42 Å². The van der Waals surface area contributed by atoms with Crippen molar-refractivity contribution in [2.75, 3.05) is 31.1 Å². The van der Waals surface area contributed by atoms with Crippen LogP contribution in [-0.4, -0.2) is 54.9 Å². The highest BCUT2D eigenvalue weighted by molar-refractivity contribution is 7.87. The lowest BCUT2D eigenvalue weighted by atomic mass is 10.4. The second-order valence-electron chi connectivity index (χ2n) is 4.71. The maximum absolute atomic E-state index is 12.0. The number of hydrogen-bond donors (Lipinski definition) is 1. The van der Waals surface area contributed by atoms with Crippen LogP contribution in [0, 0.1) is 0 Å². The molecule has 106 valence electrons. The molecule has 0 radical (unpaired) electrons. The van der Waals surface area contributed by atoms with Crippen LogP contribution in [0.3, 0.4) is 0 Å². The van der Waals surface area contributed by atoms with E-state index in [1.165, 1.54) is 4.31 Å². The largest absolute Gasteiger partial charge is 0.338 e. The number of nitrogens with one attached hydrogen (secondary N) is 1. The molecule has 0 spiro atoms. The van der Waals surface area contributed by atoms with Gasteiger partial charge in [-0.05, 0) is 19.9 Å². The fourth-order valence-corrected chi connectivity index (χ4v) is 3.34. The first-order chi connectivity index (χ1) is 8.99. The summed E-state index contributed by atoms with van der Waals surface area (Å²) in [5, 5.41) is 0. The van der Waals surface area contributed by atoms with E-state index in [1.807, 2.05) is 18.7 Å². The van der Waals surface area contributed by atoms with Gasteiger partial charge in [-0.15, -0.1) is 0 Å². The lowest BCUT2D eigenvalue weighted by Crippen LogP contribution is -2.53. The minimum absolute atomic E-state index is 0.0968. The van der Waals surface area contributed by atoms with Crippen molar-refractivity contribution >= 4 is 16.2 Å². The highest BCUT2D eigenvalue weighted by atomic mass is 32.2. The molecule has 19 heavy (non-hydrogen) atoms. The Balaban J connectivity index is 1.96. The molecule has 1 N–H and O–H groups in total. The first kappa shape index (κ1) is 14.2. The molecular weight excluding hydrogens is 266 g/mol. The Morgan fingerprint density at radius 3 is 2.26 bits per heavy atom. The number of rotatable bonds is 4. The molecule has 0 aliphatic carbocycles. The Morgan fingerprint density at radius 1 is 1.16 bits per heavy atom. The first-order valence-corrected chi connectivity index (χ1v) is 7.72. The topological polar surface area (TPSA) is 78.4 Å². The Morgan fingerprint density at radius 2 is 1.74 bits per heavy atom. The van der Waals surface area contributed by atoms with Crippen LogP contribution in [0.4, 0.5) is 5.95 Å². The van der Waals surface area contributed by atoms with Crippen molar-refractivity contribution in [2.45, 2.75) is 19.9 Å². The van der Waals surface area contributed by atoms with Gasteiger partial charge in [0.2, 0.25) is 5.95 Å². The predicted octanol–water partition coefficient (Wildman–Crippen LogP) is -0.159. The van der Waals surface area contributed by atoms with Gasteiger partial charge in [0.15, 0.2) is 0 Å². The summed E-state index contributed by atoms with van der Waals surface area (Å²) in [4.78, 5) is 10.3. The number of hydrogen-bond acceptors (Lipinski definition) is 5. The second kappa shape index (κ2) is 5.81. The molecule has 8 heteroatoms. The van der Waals surface area contributed by atoms with Crippen molar-refractivity contribution in [1.29, 1.82) is 0 Å². The molecule has 1 aliphatic rings. The fourth-order valence-electron chi connectivity index (χ4n) is 1.96. The summed E-state index contributed by atoms with van der Waals surface area (Å²) >= 11 is 0. The standard InChI is InChI=1S/C11H19N5O2S/c1-10(2)14-19(17,18)16-8-6-15(7-9-16)11-12-4-3-5-13-11/h3-5,10,14H,6-9H2,1-2H3. The van der Waals surface area contributed by atoms with Crippen LogP contribution in [0.1, 0.15) is 13.8 Å². The van der Waals surface area contributed by atoms with Gasteiger partial charge < -0.3 is 4.90 Å². The van der Waals surface area contributed by atoms with Gasteiger partial charge in [0, 0.05) is 44.6 Å². The van der Waals surface area contributed by atoms with Gasteiger partial charge in [-0.25, -0.2) is 9.97 Å². The van der Waals surface area contributed by atoms with Crippen LogP contribution < -0.4 is 9.62 Å². The Hall–Kier alpha value is -1.25. The molecule has 1 aliphatic heterocycles. The van der Waals surface area contributed by atoms with Gasteiger partial charge in [0.25, 0.3) is 10.2 Å². The molecule has 0 bridgehead atoms. The SMILES string of the molecule is CC(C)NS(=O)(=O)N1CCN(c2ncccn2)CC1. The fraction of sp³-hybridized carbons (Fsp3) is 0.636. The maximum Gasteiger partial charge on any atom is 0.279 e. The molecule has 0 saturated carbocycles. The number of aromatic nitrogens is 2. The van der Waals surface area contributed by atoms with Crippen LogP contribution in [0.5, 0.6) is 0 Å². The van der Waals surface area contributed by atoms with E-state index in [-0.39, 0.29) is 6.04 Å². The Kier molecular flexibility index (Phi) is 4.33. The first-order valence-electron chi connectivity index (χ1n) is 6.28. The molecule has 0 aromatic carbocycles. The van der Waals surface area contributed by atoms with Crippen molar-refractivity contribution < 1.29 is 8.42 Å². The summed E-state index contributed by atoms with van der Waals surface area (Å²) < 4.78 is 28.1. The summed E-state index contributed by atoms with van der Waals surface area (Å²) in [5.74, 6) is 0.649. The van der Waals surface area contributed by atoms with Crippen molar-refractivity contribution in [3.05, 3.63) is 18.5 Å². The van der Waals surface area contributed by atoms with E-state index < -0.39 is 10.2 Å². The van der Waals surface area contributed by atoms with Crippen molar-refractivity contribution in [2.24, 2.45) is 0 Å². The molecule has 1 fully saturated rings. The average molecular weight is 285 g/mol. The summed E-state index contributed by atoms with van der Waals surface area (Å²) in [5.41, 5.74) is 0. The maximum atomic E-state index is 12.0. The third-order valence-corrected chi connectivity index (χ3v) is 4.61. The minimum Gasteiger partial charge on any atom is -0.338 e. The monoisotopic (exact) mass is 285 g/mol. The van der Waals surface area contributed by atoms with Crippen molar-refractivity contribution in [3.8, 4) is 0 Å². The van der Waals surface area contributed by atoms with Crippen LogP contribution in [0.2, 0.25) is 0 Å². The normalized spacial score (nSPS) is 17.9. The number of anilines is 1. The molecule has 0 unspecified atom stereocenters. The predicted molar refractivity (Wildman–Crippen MR) is 73.0 cm³/mol. The summed E-state index contributed by atoms with van der Waals surface area (Å²) in [6.45, 7) is 5.71. The van der Waals surface area contributed by atoms with E-state index in [0.717, 1.165) is 0 Å². The average Bonchev–Trinajstić information content (AvgIpc) is 2.38. The highest BCUT2D eigenvalue weighted by Gasteiger charge is 2.27. The zero-order valence-electron chi connectivity index (χ0n) is 11.2. The summed E-state index contributed by atoms with van der Waals surface area (Å²) in [6, 6.07) is 1.66. The molecule has 0 amide bonds. The third-order valence-electron chi connectivity index (χ3n) is 2.80. The lowest BCUT2D eigenvalue weighted by molar-refractivity contribution is 0.373. The zero-order chi connectivity index (χ0) is 13.9. The number of nitrogens with zero attached hydrogens (tertiary/aromatic N) is 4. The van der Waals surface area contributed by atoms with Gasteiger partial charge in [0.1, 0.15) is 0 Å². The number of piperazine rings is 1. The quantitative estimate of drug-likeness (QED) is 0.832. The van der Waals surface area contributed by atoms with Crippen LogP contribution in [0.25, 0.3) is 0 Å². The van der Waals surface area contributed by atoms with E-state index in [2.05, 4.69) is 14.7 Å². The van der Waals surface area contributed by atoms with Crippen LogP contribution in [-0.2, 0) is 10.2 Å². The van der Waals surface area contributed by atoms with Crippen LogP contribution >= 0.6 is 0 Å². The van der Waals surface area contributed by atoms with Gasteiger partial charge in [-0.2, -0.15) is 17.4 Å². The molecule has 0 atom stereocenters. The smallest absolute Gasteiger partial charge is 0.279 e. The second-order valence-corrected chi connectivity index (χ2v) is 6.41. The Labute approximate surface area is 113 Å². The van der Waals surface area contributed by atoms with Crippen molar-refractivity contribution in [1.82, 2.24) is 19.0 Å². The van der Waals surface area contributed by atoms with Gasteiger partial charge in [-0.3, -0.25) is 0 Å². The molecule has 2 heterocycles. The highest BCUT2D eigenvalue weighted by Crippen LogP contribution is 2.11. The van der Waals surface area contributed by atoms with E-state index in [0.29, 0.717) is 32.1 Å². The molecular formula is C11H19N5O2S. The van der Waals surface area contributed by atoms with Gasteiger partial charge in [0.05, 0.1) is 0 Å². The van der Waals surface area contributed by atoms with Crippen molar-refractivity contribution in [3.63, 3.8) is 0 Å². The zero-order valence-corrected chi connectivity index (χ0v) is 12.0. The molecule has 7 nitrogen and oxygen atoms in total. The van der Waals surface area contributed by atoms with Gasteiger partial charge in [-0.1, -0.05) is 0 Å². The summed E-state index contributed by atoms with van der Waals surface area (Å²) in [7, 11) is -3.37. The van der Waals surface area contributed by atoms with E-state index in [4.69, 9.17) is 0 Å². The minimum atomic E-state index is -3.37. The Bertz CT molecular complexity index is 497. The van der Waals surface area contributed by atoms with Crippen LogP contribution in [0.15, 0.2) is 18.5 Å². The lowest BCUT2D eigenvalue weighted by Gasteiger charge is -2.34. The molecule has 2 rings (SSSR count). The molecule has 1 aromatic heterocycles. The third kappa shape index (κ3) is 3.62. The molecule has 1 saturated heterocycles. The van der Waals surface area contributed by atoms with Gasteiger partial charge >= 0.3 is 0 Å². The van der Waals surface area contributed by atoms with E-state index in [1.54, 1.807) is 18.5 Å².